The third-order valence-electron chi connectivity index (χ3n) is 1.70. The van der Waals surface area contributed by atoms with Gasteiger partial charge in [-0.15, -0.1) is 5.10 Å². The highest BCUT2D eigenvalue weighted by atomic mass is 79.9. The molecule has 5 heteroatoms. The van der Waals surface area contributed by atoms with Gasteiger partial charge in [0.15, 0.2) is 4.60 Å². The highest BCUT2D eigenvalue weighted by Gasteiger charge is 2.15. The van der Waals surface area contributed by atoms with Gasteiger partial charge in [-0.05, 0) is 22.4 Å². The summed E-state index contributed by atoms with van der Waals surface area (Å²) in [5, 5.41) is 17.2. The van der Waals surface area contributed by atoms with E-state index >= 15 is 0 Å². The first-order valence-corrected chi connectivity index (χ1v) is 4.69. The van der Waals surface area contributed by atoms with Crippen LogP contribution in [0.15, 0.2) is 4.60 Å². The van der Waals surface area contributed by atoms with Crippen LogP contribution in [-0.2, 0) is 7.05 Å². The van der Waals surface area contributed by atoms with Crippen molar-refractivity contribution in [3.05, 3.63) is 10.3 Å². The normalized spacial score (nSPS) is 13.3. The van der Waals surface area contributed by atoms with Gasteiger partial charge in [0.05, 0.1) is 6.10 Å². The molecule has 0 saturated carbocycles. The molecule has 0 fully saturated rings. The van der Waals surface area contributed by atoms with Gasteiger partial charge < -0.3 is 5.11 Å². The molecule has 12 heavy (non-hydrogen) atoms. The molecular formula is C7H12BrN3O. The molecule has 1 aromatic rings. The van der Waals surface area contributed by atoms with E-state index in [0.717, 1.165) is 18.5 Å². The summed E-state index contributed by atoms with van der Waals surface area (Å²) in [7, 11) is 1.77. The minimum Gasteiger partial charge on any atom is -0.387 e. The quantitative estimate of drug-likeness (QED) is 0.860. The lowest BCUT2D eigenvalue weighted by atomic mass is 10.1. The van der Waals surface area contributed by atoms with Crippen molar-refractivity contribution in [3.8, 4) is 0 Å². The molecule has 0 amide bonds. The second-order valence-electron chi connectivity index (χ2n) is 2.69. The van der Waals surface area contributed by atoms with Crippen molar-refractivity contribution in [2.75, 3.05) is 0 Å². The minimum absolute atomic E-state index is 0.468. The lowest BCUT2D eigenvalue weighted by Gasteiger charge is -2.08. The lowest BCUT2D eigenvalue weighted by molar-refractivity contribution is 0.156. The number of aliphatic hydroxyl groups is 1. The summed E-state index contributed by atoms with van der Waals surface area (Å²) >= 11 is 3.23. The SMILES string of the molecule is CCCC(O)c1c(Br)nnn1C. The number of nitrogens with zero attached hydrogens (tertiary/aromatic N) is 3. The Morgan fingerprint density at radius 1 is 1.67 bits per heavy atom. The number of aromatic nitrogens is 3. The zero-order chi connectivity index (χ0) is 9.14. The van der Waals surface area contributed by atoms with Gasteiger partial charge in [0, 0.05) is 7.05 Å². The summed E-state index contributed by atoms with van der Waals surface area (Å²) in [5.74, 6) is 0. The summed E-state index contributed by atoms with van der Waals surface area (Å²) in [6.07, 6.45) is 1.21. The van der Waals surface area contributed by atoms with Crippen LogP contribution in [0.2, 0.25) is 0 Å². The van der Waals surface area contributed by atoms with E-state index in [1.807, 2.05) is 6.92 Å². The van der Waals surface area contributed by atoms with Gasteiger partial charge in [-0.2, -0.15) is 0 Å². The van der Waals surface area contributed by atoms with Crippen LogP contribution in [0.3, 0.4) is 0 Å². The monoisotopic (exact) mass is 233 g/mol. The van der Waals surface area contributed by atoms with Gasteiger partial charge in [-0.3, -0.25) is 0 Å². The molecule has 0 bridgehead atoms. The van der Waals surface area contributed by atoms with E-state index in [4.69, 9.17) is 0 Å². The van der Waals surface area contributed by atoms with Crippen LogP contribution in [0.5, 0.6) is 0 Å². The molecule has 0 saturated heterocycles. The number of halogens is 1. The molecule has 1 rings (SSSR count). The van der Waals surface area contributed by atoms with Gasteiger partial charge in [0.2, 0.25) is 0 Å². The first kappa shape index (κ1) is 9.67. The van der Waals surface area contributed by atoms with Crippen molar-refractivity contribution in [2.45, 2.75) is 25.9 Å². The molecule has 1 heterocycles. The Hall–Kier alpha value is -0.420. The maximum Gasteiger partial charge on any atom is 0.154 e. The van der Waals surface area contributed by atoms with E-state index in [0.29, 0.717) is 4.60 Å². The van der Waals surface area contributed by atoms with Crippen molar-refractivity contribution in [1.29, 1.82) is 0 Å². The van der Waals surface area contributed by atoms with Gasteiger partial charge in [0.1, 0.15) is 5.69 Å². The first-order chi connectivity index (χ1) is 5.66. The smallest absolute Gasteiger partial charge is 0.154 e. The molecular weight excluding hydrogens is 222 g/mol. The number of aliphatic hydroxyl groups excluding tert-OH is 1. The number of aryl methyl sites for hydroxylation is 1. The standard InChI is InChI=1S/C7H12BrN3O/c1-3-4-5(12)6-7(8)9-10-11(6)2/h5,12H,3-4H2,1-2H3. The average Bonchev–Trinajstić information content (AvgIpc) is 2.32. The zero-order valence-corrected chi connectivity index (χ0v) is 8.74. The molecule has 0 spiro atoms. The second-order valence-corrected chi connectivity index (χ2v) is 3.44. The van der Waals surface area contributed by atoms with Crippen LogP contribution in [0, 0.1) is 0 Å². The molecule has 1 aromatic heterocycles. The Bertz CT molecular complexity index is 242. The largest absolute Gasteiger partial charge is 0.387 e. The number of rotatable bonds is 3. The van der Waals surface area contributed by atoms with E-state index in [1.54, 1.807) is 11.7 Å². The van der Waals surface area contributed by atoms with Crippen LogP contribution in [-0.4, -0.2) is 20.1 Å². The molecule has 0 aliphatic carbocycles. The van der Waals surface area contributed by atoms with Crippen molar-refractivity contribution in [1.82, 2.24) is 15.0 Å². The fraction of sp³-hybridized carbons (Fsp3) is 0.714. The van der Waals surface area contributed by atoms with Crippen molar-refractivity contribution in [3.63, 3.8) is 0 Å². The third-order valence-corrected chi connectivity index (χ3v) is 2.27. The summed E-state index contributed by atoms with van der Waals surface area (Å²) in [6, 6.07) is 0. The second kappa shape index (κ2) is 4.00. The van der Waals surface area contributed by atoms with Crippen molar-refractivity contribution in [2.24, 2.45) is 7.05 Å². The third kappa shape index (κ3) is 1.84. The topological polar surface area (TPSA) is 50.9 Å². The molecule has 0 radical (unpaired) electrons. The molecule has 4 nitrogen and oxygen atoms in total. The van der Waals surface area contributed by atoms with E-state index in [9.17, 15) is 5.11 Å². The Labute approximate surface area is 79.7 Å². The molecule has 0 aliphatic rings. The van der Waals surface area contributed by atoms with Gasteiger partial charge in [0.25, 0.3) is 0 Å². The van der Waals surface area contributed by atoms with E-state index in [2.05, 4.69) is 26.2 Å². The Morgan fingerprint density at radius 3 is 2.75 bits per heavy atom. The fourth-order valence-corrected chi connectivity index (χ4v) is 1.69. The molecule has 1 atom stereocenters. The molecule has 0 aromatic carbocycles. The molecule has 1 unspecified atom stereocenters. The maximum absolute atomic E-state index is 9.64. The lowest BCUT2D eigenvalue weighted by Crippen LogP contribution is -2.05. The average molecular weight is 234 g/mol. The molecule has 68 valence electrons. The summed E-state index contributed by atoms with van der Waals surface area (Å²) in [4.78, 5) is 0. The fourth-order valence-electron chi connectivity index (χ4n) is 1.10. The van der Waals surface area contributed by atoms with Crippen molar-refractivity contribution >= 4 is 15.9 Å². The summed E-state index contributed by atoms with van der Waals surface area (Å²) < 4.78 is 2.22. The first-order valence-electron chi connectivity index (χ1n) is 3.90. The number of hydrogen-bond donors (Lipinski definition) is 1. The molecule has 0 aliphatic heterocycles. The Kier molecular flexibility index (Phi) is 3.22. The van der Waals surface area contributed by atoms with E-state index < -0.39 is 6.10 Å². The van der Waals surface area contributed by atoms with Crippen LogP contribution >= 0.6 is 15.9 Å². The van der Waals surface area contributed by atoms with Crippen molar-refractivity contribution < 1.29 is 5.11 Å². The van der Waals surface area contributed by atoms with Gasteiger partial charge in [-0.25, -0.2) is 4.68 Å². The Balaban J connectivity index is 2.85. The van der Waals surface area contributed by atoms with Crippen LogP contribution in [0.1, 0.15) is 31.6 Å². The maximum atomic E-state index is 9.64. The van der Waals surface area contributed by atoms with Crippen LogP contribution in [0.4, 0.5) is 0 Å². The molecule has 1 N–H and O–H groups in total. The zero-order valence-electron chi connectivity index (χ0n) is 7.16. The summed E-state index contributed by atoms with van der Waals surface area (Å²) in [6.45, 7) is 2.03. The highest BCUT2D eigenvalue weighted by molar-refractivity contribution is 9.10. The van der Waals surface area contributed by atoms with Gasteiger partial charge >= 0.3 is 0 Å². The van der Waals surface area contributed by atoms with E-state index in [1.165, 1.54) is 0 Å². The predicted octanol–water partition coefficient (Wildman–Crippen LogP) is 1.41. The van der Waals surface area contributed by atoms with Crippen LogP contribution in [0.25, 0.3) is 0 Å². The van der Waals surface area contributed by atoms with Gasteiger partial charge in [-0.1, -0.05) is 18.6 Å². The number of hydrogen-bond acceptors (Lipinski definition) is 3. The Morgan fingerprint density at radius 2 is 2.33 bits per heavy atom. The minimum atomic E-state index is -0.468. The predicted molar refractivity (Wildman–Crippen MR) is 48.6 cm³/mol. The van der Waals surface area contributed by atoms with Crippen LogP contribution < -0.4 is 0 Å². The highest BCUT2D eigenvalue weighted by Crippen LogP contribution is 2.23. The summed E-state index contributed by atoms with van der Waals surface area (Å²) in [5.41, 5.74) is 0.747. The van der Waals surface area contributed by atoms with E-state index in [-0.39, 0.29) is 0 Å².